The Bertz CT molecular complexity index is 618. The van der Waals surface area contributed by atoms with Crippen LogP contribution in [0, 0.1) is 5.92 Å². The van der Waals surface area contributed by atoms with Crippen LogP contribution >= 0.6 is 0 Å². The van der Waals surface area contributed by atoms with Gasteiger partial charge in [0.05, 0.1) is 6.61 Å². The molecule has 0 aliphatic rings. The Morgan fingerprint density at radius 2 is 1.64 bits per heavy atom. The highest BCUT2D eigenvalue weighted by Crippen LogP contribution is 2.08. The molecule has 1 rings (SSSR count). The van der Waals surface area contributed by atoms with Gasteiger partial charge in [0.1, 0.15) is 18.7 Å². The lowest BCUT2D eigenvalue weighted by atomic mass is 10.0. The maximum Gasteiger partial charge on any atom is 0.408 e. The molecule has 156 valence electrons. The summed E-state index contributed by atoms with van der Waals surface area (Å²) in [7, 11) is 0. The molecular formula is C21H32N2O5. The van der Waals surface area contributed by atoms with Crippen LogP contribution in [0.1, 0.15) is 52.5 Å². The number of hydrogen-bond acceptors (Lipinski definition) is 5. The smallest absolute Gasteiger partial charge is 0.408 e. The first-order chi connectivity index (χ1) is 13.4. The minimum atomic E-state index is -0.794. The highest BCUT2D eigenvalue weighted by atomic mass is 16.5. The van der Waals surface area contributed by atoms with Gasteiger partial charge in [-0.25, -0.2) is 9.59 Å². The summed E-state index contributed by atoms with van der Waals surface area (Å²) in [6.07, 6.45) is 0.934. The summed E-state index contributed by atoms with van der Waals surface area (Å²) in [5.41, 5.74) is 0.854. The molecule has 7 nitrogen and oxygen atoms in total. The maximum atomic E-state index is 12.7. The second-order valence-electron chi connectivity index (χ2n) is 6.99. The van der Waals surface area contributed by atoms with Crippen molar-refractivity contribution in [2.75, 3.05) is 6.61 Å². The largest absolute Gasteiger partial charge is 0.464 e. The highest BCUT2D eigenvalue weighted by molar-refractivity contribution is 5.89. The molecule has 2 N–H and O–H groups in total. The van der Waals surface area contributed by atoms with Gasteiger partial charge in [-0.05, 0) is 31.2 Å². The van der Waals surface area contributed by atoms with E-state index in [1.165, 1.54) is 0 Å². The number of alkyl carbamates (subject to hydrolysis) is 1. The van der Waals surface area contributed by atoms with E-state index in [9.17, 15) is 14.4 Å². The number of benzene rings is 1. The summed E-state index contributed by atoms with van der Waals surface area (Å²) in [5.74, 6) is -0.720. The lowest BCUT2D eigenvalue weighted by Crippen LogP contribution is -2.52. The van der Waals surface area contributed by atoms with Gasteiger partial charge in [0.25, 0.3) is 0 Å². The highest BCUT2D eigenvalue weighted by Gasteiger charge is 2.28. The van der Waals surface area contributed by atoms with E-state index in [0.717, 1.165) is 5.56 Å². The molecule has 0 radical (unpaired) electrons. The van der Waals surface area contributed by atoms with Crippen LogP contribution in [0.15, 0.2) is 30.3 Å². The van der Waals surface area contributed by atoms with Crippen molar-refractivity contribution < 1.29 is 23.9 Å². The number of carbonyl (C=O) groups excluding carboxylic acids is 3. The molecule has 0 fully saturated rings. The predicted octanol–water partition coefficient (Wildman–Crippen LogP) is 3.18. The number of hydrogen-bond donors (Lipinski definition) is 2. The molecule has 0 saturated carbocycles. The molecule has 0 unspecified atom stereocenters. The average molecular weight is 392 g/mol. The first-order valence-corrected chi connectivity index (χ1v) is 9.81. The van der Waals surface area contributed by atoms with Gasteiger partial charge < -0.3 is 20.1 Å². The van der Waals surface area contributed by atoms with Gasteiger partial charge in [-0.15, -0.1) is 0 Å². The third-order valence-corrected chi connectivity index (χ3v) is 3.99. The molecule has 2 atom stereocenters. The fraction of sp³-hybridized carbons (Fsp3) is 0.571. The van der Waals surface area contributed by atoms with E-state index in [1.807, 2.05) is 51.1 Å². The van der Waals surface area contributed by atoms with Crippen LogP contribution < -0.4 is 10.6 Å². The minimum Gasteiger partial charge on any atom is -0.464 e. The molecule has 28 heavy (non-hydrogen) atoms. The molecule has 1 aromatic rings. The monoisotopic (exact) mass is 392 g/mol. The lowest BCUT2D eigenvalue weighted by Gasteiger charge is -2.23. The summed E-state index contributed by atoms with van der Waals surface area (Å²) < 4.78 is 10.2. The van der Waals surface area contributed by atoms with E-state index in [4.69, 9.17) is 9.47 Å². The molecule has 0 heterocycles. The molecule has 0 spiro atoms. The Kier molecular flexibility index (Phi) is 10.7. The van der Waals surface area contributed by atoms with E-state index in [2.05, 4.69) is 10.6 Å². The second-order valence-corrected chi connectivity index (χ2v) is 6.99. The zero-order valence-corrected chi connectivity index (χ0v) is 17.2. The topological polar surface area (TPSA) is 93.7 Å². The third-order valence-electron chi connectivity index (χ3n) is 3.99. The van der Waals surface area contributed by atoms with Crippen LogP contribution in [-0.4, -0.2) is 36.7 Å². The van der Waals surface area contributed by atoms with Gasteiger partial charge in [0, 0.05) is 0 Å². The summed E-state index contributed by atoms with van der Waals surface area (Å²) >= 11 is 0. The van der Waals surface area contributed by atoms with Crippen LogP contribution in [-0.2, 0) is 25.7 Å². The van der Waals surface area contributed by atoms with E-state index in [-0.39, 0.29) is 19.1 Å². The van der Waals surface area contributed by atoms with Gasteiger partial charge in [0.15, 0.2) is 0 Å². The van der Waals surface area contributed by atoms with Crippen molar-refractivity contribution in [3.05, 3.63) is 35.9 Å². The van der Waals surface area contributed by atoms with Crippen LogP contribution in [0.25, 0.3) is 0 Å². The Balaban J connectivity index is 2.69. The van der Waals surface area contributed by atoms with Crippen LogP contribution in [0.5, 0.6) is 0 Å². The normalized spacial score (nSPS) is 12.8. The molecule has 0 saturated heterocycles. The number of esters is 1. The SMILES string of the molecule is CCC[C@H](NC(=O)[C@H](CC(C)C)NC(=O)OCc1ccccc1)C(=O)OCC. The average Bonchev–Trinajstić information content (AvgIpc) is 2.66. The van der Waals surface area contributed by atoms with Crippen molar-refractivity contribution in [3.63, 3.8) is 0 Å². The fourth-order valence-corrected chi connectivity index (χ4v) is 2.66. The summed E-state index contributed by atoms with van der Waals surface area (Å²) in [4.78, 5) is 36.9. The zero-order chi connectivity index (χ0) is 20.9. The standard InChI is InChI=1S/C21H32N2O5/c1-5-10-17(20(25)27-6-2)22-19(24)18(13-15(3)4)23-21(26)28-14-16-11-8-7-9-12-16/h7-9,11-12,15,17-18H,5-6,10,13-14H2,1-4H3,(H,22,24)(H,23,26)/t17-,18-/m0/s1. The molecule has 2 amide bonds. The van der Waals surface area contributed by atoms with Gasteiger partial charge in [-0.2, -0.15) is 0 Å². The minimum absolute atomic E-state index is 0.115. The first kappa shape index (κ1) is 23.5. The van der Waals surface area contributed by atoms with E-state index in [0.29, 0.717) is 19.3 Å². The lowest BCUT2D eigenvalue weighted by molar-refractivity contribution is -0.147. The molecule has 7 heteroatoms. The molecule has 0 aliphatic heterocycles. The summed E-state index contributed by atoms with van der Waals surface area (Å²) in [6, 6.07) is 7.76. The maximum absolute atomic E-state index is 12.7. The van der Waals surface area contributed by atoms with Gasteiger partial charge >= 0.3 is 12.1 Å². The van der Waals surface area contributed by atoms with E-state index in [1.54, 1.807) is 6.92 Å². The van der Waals surface area contributed by atoms with Crippen LogP contribution in [0.4, 0.5) is 4.79 Å². The second kappa shape index (κ2) is 12.8. The Hall–Kier alpha value is -2.57. The van der Waals surface area contributed by atoms with Crippen molar-refractivity contribution in [2.24, 2.45) is 5.92 Å². The number of carbonyl (C=O) groups is 3. The van der Waals surface area contributed by atoms with Crippen molar-refractivity contribution in [2.45, 2.75) is 65.6 Å². The molecule has 0 aliphatic carbocycles. The van der Waals surface area contributed by atoms with Gasteiger partial charge in [0.2, 0.25) is 5.91 Å². The zero-order valence-electron chi connectivity index (χ0n) is 17.2. The van der Waals surface area contributed by atoms with Crippen molar-refractivity contribution >= 4 is 18.0 Å². The number of ether oxygens (including phenoxy) is 2. The first-order valence-electron chi connectivity index (χ1n) is 9.81. The predicted molar refractivity (Wildman–Crippen MR) is 106 cm³/mol. The van der Waals surface area contributed by atoms with E-state index >= 15 is 0 Å². The molecular weight excluding hydrogens is 360 g/mol. The number of nitrogens with one attached hydrogen (secondary N) is 2. The third kappa shape index (κ3) is 8.88. The van der Waals surface area contributed by atoms with Gasteiger partial charge in [-0.1, -0.05) is 57.5 Å². The van der Waals surface area contributed by atoms with Crippen LogP contribution in [0.3, 0.4) is 0 Å². The van der Waals surface area contributed by atoms with Crippen molar-refractivity contribution in [3.8, 4) is 0 Å². The summed E-state index contributed by atoms with van der Waals surface area (Å²) in [6.45, 7) is 7.90. The van der Waals surface area contributed by atoms with Gasteiger partial charge in [-0.3, -0.25) is 4.79 Å². The quantitative estimate of drug-likeness (QED) is 0.564. The molecule has 0 bridgehead atoms. The van der Waals surface area contributed by atoms with Crippen LogP contribution in [0.2, 0.25) is 0 Å². The van der Waals surface area contributed by atoms with Crippen molar-refractivity contribution in [1.82, 2.24) is 10.6 Å². The Labute approximate surface area is 167 Å². The Morgan fingerprint density at radius 1 is 0.964 bits per heavy atom. The summed E-state index contributed by atoms with van der Waals surface area (Å²) in [5, 5.41) is 5.31. The Morgan fingerprint density at radius 3 is 2.21 bits per heavy atom. The van der Waals surface area contributed by atoms with Crippen molar-refractivity contribution in [1.29, 1.82) is 0 Å². The molecule has 1 aromatic carbocycles. The van der Waals surface area contributed by atoms with E-state index < -0.39 is 30.1 Å². The molecule has 0 aromatic heterocycles. The number of rotatable bonds is 11. The number of amides is 2. The fourth-order valence-electron chi connectivity index (χ4n) is 2.66.